The van der Waals surface area contributed by atoms with Crippen LogP contribution in [0.2, 0.25) is 0 Å². The van der Waals surface area contributed by atoms with Crippen molar-refractivity contribution in [2.75, 3.05) is 11.9 Å². The molecule has 0 unspecified atom stereocenters. The second-order valence-electron chi connectivity index (χ2n) is 5.19. The molecule has 0 radical (unpaired) electrons. The van der Waals surface area contributed by atoms with Gasteiger partial charge < -0.3 is 14.4 Å². The Hall–Kier alpha value is -1.81. The Bertz CT molecular complexity index is 605. The topological polar surface area (TPSA) is 36.6 Å². The number of hydrogen-bond donors (Lipinski definition) is 1. The summed E-state index contributed by atoms with van der Waals surface area (Å²) in [5, 5.41) is 9.84. The van der Waals surface area contributed by atoms with Gasteiger partial charge in [0.2, 0.25) is 0 Å². The first kappa shape index (κ1) is 14.6. The number of benzene rings is 1. The standard InChI is InChI=1S/C16H20FNO2/c1-10-7-16(14(11(2)19)8-15(10)17)18(4)9-13-5-6-20-12(13)3/h5-8,11,19H,9H2,1-4H3/t11-/m0/s1. The van der Waals surface area contributed by atoms with Crippen LogP contribution in [0.25, 0.3) is 0 Å². The largest absolute Gasteiger partial charge is 0.469 e. The predicted octanol–water partition coefficient (Wildman–Crippen LogP) is 3.73. The molecule has 0 saturated carbocycles. The molecule has 1 N–H and O–H groups in total. The van der Waals surface area contributed by atoms with Crippen LogP contribution in [0, 0.1) is 19.7 Å². The maximum absolute atomic E-state index is 13.7. The van der Waals surface area contributed by atoms with Crippen LogP contribution in [-0.2, 0) is 6.54 Å². The summed E-state index contributed by atoms with van der Waals surface area (Å²) in [6.45, 7) is 5.92. The van der Waals surface area contributed by atoms with Gasteiger partial charge in [-0.15, -0.1) is 0 Å². The number of anilines is 1. The van der Waals surface area contributed by atoms with Crippen molar-refractivity contribution in [1.29, 1.82) is 0 Å². The highest BCUT2D eigenvalue weighted by Gasteiger charge is 2.16. The summed E-state index contributed by atoms with van der Waals surface area (Å²) in [4.78, 5) is 1.99. The number of aryl methyl sites for hydroxylation is 2. The highest BCUT2D eigenvalue weighted by molar-refractivity contribution is 5.56. The second-order valence-corrected chi connectivity index (χ2v) is 5.19. The third kappa shape index (κ3) is 2.85. The lowest BCUT2D eigenvalue weighted by atomic mass is 10.0. The Balaban J connectivity index is 2.36. The number of rotatable bonds is 4. The minimum atomic E-state index is -0.715. The molecule has 2 aromatic rings. The van der Waals surface area contributed by atoms with Gasteiger partial charge in [0.25, 0.3) is 0 Å². The summed E-state index contributed by atoms with van der Waals surface area (Å²) >= 11 is 0. The molecular formula is C16H20FNO2. The molecule has 0 amide bonds. The lowest BCUT2D eigenvalue weighted by molar-refractivity contribution is 0.199. The summed E-state index contributed by atoms with van der Waals surface area (Å²) in [6, 6.07) is 5.10. The van der Waals surface area contributed by atoms with Crippen LogP contribution in [0.1, 0.15) is 35.5 Å². The van der Waals surface area contributed by atoms with Gasteiger partial charge in [-0.1, -0.05) is 0 Å². The number of furan rings is 1. The molecule has 0 bridgehead atoms. The van der Waals surface area contributed by atoms with Crippen molar-refractivity contribution in [3.8, 4) is 0 Å². The summed E-state index contributed by atoms with van der Waals surface area (Å²) in [7, 11) is 1.92. The molecule has 0 spiro atoms. The zero-order valence-electron chi connectivity index (χ0n) is 12.3. The molecule has 2 rings (SSSR count). The molecule has 1 aromatic heterocycles. The highest BCUT2D eigenvalue weighted by Crippen LogP contribution is 2.30. The minimum absolute atomic E-state index is 0.294. The van der Waals surface area contributed by atoms with Gasteiger partial charge >= 0.3 is 0 Å². The summed E-state index contributed by atoms with van der Waals surface area (Å²) in [5.74, 6) is 0.576. The van der Waals surface area contributed by atoms with Crippen molar-refractivity contribution < 1.29 is 13.9 Å². The van der Waals surface area contributed by atoms with Gasteiger partial charge in [0.15, 0.2) is 0 Å². The van der Waals surface area contributed by atoms with E-state index in [1.807, 2.05) is 24.9 Å². The zero-order chi connectivity index (χ0) is 14.9. The van der Waals surface area contributed by atoms with Crippen LogP contribution in [0.5, 0.6) is 0 Å². The molecule has 0 aliphatic carbocycles. The number of nitrogens with zero attached hydrogens (tertiary/aromatic N) is 1. The van der Waals surface area contributed by atoms with Crippen molar-refractivity contribution in [2.24, 2.45) is 0 Å². The maximum Gasteiger partial charge on any atom is 0.126 e. The van der Waals surface area contributed by atoms with Crippen LogP contribution in [0.3, 0.4) is 0 Å². The Morgan fingerprint density at radius 1 is 1.35 bits per heavy atom. The average molecular weight is 277 g/mol. The molecule has 1 aromatic carbocycles. The van der Waals surface area contributed by atoms with Gasteiger partial charge in [0, 0.05) is 30.4 Å². The molecule has 0 fully saturated rings. The molecule has 20 heavy (non-hydrogen) atoms. The van der Waals surface area contributed by atoms with Crippen LogP contribution in [0.15, 0.2) is 28.9 Å². The average Bonchev–Trinajstić information content (AvgIpc) is 2.77. The molecule has 4 heteroatoms. The fraction of sp³-hybridized carbons (Fsp3) is 0.375. The lowest BCUT2D eigenvalue weighted by Gasteiger charge is -2.24. The molecule has 0 saturated heterocycles. The van der Waals surface area contributed by atoms with Gasteiger partial charge in [0.05, 0.1) is 12.4 Å². The monoisotopic (exact) mass is 277 g/mol. The van der Waals surface area contributed by atoms with Gasteiger partial charge in [0.1, 0.15) is 11.6 Å². The quantitative estimate of drug-likeness (QED) is 0.925. The van der Waals surface area contributed by atoms with Gasteiger partial charge in [-0.25, -0.2) is 4.39 Å². The third-order valence-corrected chi connectivity index (χ3v) is 3.54. The van der Waals surface area contributed by atoms with E-state index in [2.05, 4.69) is 0 Å². The molecule has 0 aliphatic rings. The van der Waals surface area contributed by atoms with Crippen molar-refractivity contribution in [3.63, 3.8) is 0 Å². The zero-order valence-corrected chi connectivity index (χ0v) is 12.3. The Morgan fingerprint density at radius 3 is 2.60 bits per heavy atom. The van der Waals surface area contributed by atoms with E-state index < -0.39 is 6.10 Å². The van der Waals surface area contributed by atoms with Crippen LogP contribution < -0.4 is 4.90 Å². The number of hydrogen-bond acceptors (Lipinski definition) is 3. The van der Waals surface area contributed by atoms with Crippen LogP contribution in [0.4, 0.5) is 10.1 Å². The van der Waals surface area contributed by atoms with Crippen molar-refractivity contribution in [2.45, 2.75) is 33.4 Å². The summed E-state index contributed by atoms with van der Waals surface area (Å²) < 4.78 is 19.0. The third-order valence-electron chi connectivity index (χ3n) is 3.54. The first-order valence-electron chi connectivity index (χ1n) is 6.62. The Labute approximate surface area is 118 Å². The SMILES string of the molecule is Cc1cc(N(C)Cc2ccoc2C)c([C@H](C)O)cc1F. The molecule has 108 valence electrons. The first-order valence-corrected chi connectivity index (χ1v) is 6.62. The molecule has 1 heterocycles. The molecule has 3 nitrogen and oxygen atoms in total. The van der Waals surface area contributed by atoms with Crippen LogP contribution in [-0.4, -0.2) is 12.2 Å². The molecular weight excluding hydrogens is 257 g/mol. The second kappa shape index (κ2) is 5.67. The van der Waals surface area contributed by atoms with Gasteiger partial charge in [-0.05, 0) is 44.5 Å². The summed E-state index contributed by atoms with van der Waals surface area (Å²) in [6.07, 6.45) is 0.942. The number of halogens is 1. The normalized spacial score (nSPS) is 12.5. The fourth-order valence-electron chi connectivity index (χ4n) is 2.26. The smallest absolute Gasteiger partial charge is 0.126 e. The first-order chi connectivity index (χ1) is 9.40. The van der Waals surface area contributed by atoms with E-state index in [9.17, 15) is 9.50 Å². The van der Waals surface area contributed by atoms with E-state index in [0.29, 0.717) is 17.7 Å². The van der Waals surface area contributed by atoms with Crippen molar-refractivity contribution in [3.05, 3.63) is 52.7 Å². The number of aliphatic hydroxyl groups is 1. The predicted molar refractivity (Wildman–Crippen MR) is 77.3 cm³/mol. The Kier molecular flexibility index (Phi) is 4.14. The maximum atomic E-state index is 13.7. The van der Waals surface area contributed by atoms with Crippen LogP contribution >= 0.6 is 0 Å². The highest BCUT2D eigenvalue weighted by atomic mass is 19.1. The van der Waals surface area contributed by atoms with E-state index in [-0.39, 0.29) is 5.82 Å². The van der Waals surface area contributed by atoms with Crippen molar-refractivity contribution >= 4 is 5.69 Å². The lowest BCUT2D eigenvalue weighted by Crippen LogP contribution is -2.19. The Morgan fingerprint density at radius 2 is 2.05 bits per heavy atom. The summed E-state index contributed by atoms with van der Waals surface area (Å²) in [5.41, 5.74) is 3.07. The molecule has 1 atom stereocenters. The van der Waals surface area contributed by atoms with Gasteiger partial charge in [-0.3, -0.25) is 0 Å². The van der Waals surface area contributed by atoms with Crippen molar-refractivity contribution in [1.82, 2.24) is 0 Å². The number of aliphatic hydroxyl groups excluding tert-OH is 1. The van der Waals surface area contributed by atoms with E-state index in [0.717, 1.165) is 17.0 Å². The van der Waals surface area contributed by atoms with E-state index in [1.165, 1.54) is 6.07 Å². The fourth-order valence-corrected chi connectivity index (χ4v) is 2.26. The molecule has 0 aliphatic heterocycles. The minimum Gasteiger partial charge on any atom is -0.469 e. The van der Waals surface area contributed by atoms with E-state index in [1.54, 1.807) is 26.2 Å². The van der Waals surface area contributed by atoms with E-state index >= 15 is 0 Å². The van der Waals surface area contributed by atoms with Gasteiger partial charge in [-0.2, -0.15) is 0 Å². The van der Waals surface area contributed by atoms with E-state index in [4.69, 9.17) is 4.42 Å².